The maximum absolute atomic E-state index is 14.0. The third-order valence-corrected chi connectivity index (χ3v) is 5.92. The molecule has 41 heavy (non-hydrogen) atoms. The molecule has 15 heteroatoms. The molecule has 0 unspecified atom stereocenters. The number of carbonyl (C=O) groups is 2. The van der Waals surface area contributed by atoms with Gasteiger partial charge in [0.2, 0.25) is 5.62 Å². The summed E-state index contributed by atoms with van der Waals surface area (Å²) in [5, 5.41) is 19.8. The number of aromatic nitrogens is 2. The molecule has 0 spiro atoms. The summed E-state index contributed by atoms with van der Waals surface area (Å²) in [7, 11) is 1.23. The maximum Gasteiger partial charge on any atom is 0.416 e. The van der Waals surface area contributed by atoms with Crippen molar-refractivity contribution in [3.8, 4) is 6.07 Å². The van der Waals surface area contributed by atoms with Crippen LogP contribution < -0.4 is 10.9 Å². The molecule has 1 amide bonds. The summed E-state index contributed by atoms with van der Waals surface area (Å²) >= 11 is 5.86. The topological polar surface area (TPSA) is 104 Å². The number of ketones is 1. The van der Waals surface area contributed by atoms with Gasteiger partial charge in [-0.1, -0.05) is 24.8 Å². The highest BCUT2D eigenvalue weighted by atomic mass is 35.5. The van der Waals surface area contributed by atoms with Crippen molar-refractivity contribution in [2.24, 2.45) is 7.05 Å². The second-order valence-corrected chi connectivity index (χ2v) is 8.91. The Morgan fingerprint density at radius 1 is 1.22 bits per heavy atom. The molecule has 0 aliphatic heterocycles. The van der Waals surface area contributed by atoms with Gasteiger partial charge in [0, 0.05) is 23.2 Å². The van der Waals surface area contributed by atoms with E-state index in [1.165, 1.54) is 7.05 Å². The average Bonchev–Trinajstić information content (AvgIpc) is 3.08. The lowest BCUT2D eigenvalue weighted by Crippen LogP contribution is -2.25. The molecule has 0 bridgehead atoms. The van der Waals surface area contributed by atoms with E-state index in [4.69, 9.17) is 17.0 Å². The Morgan fingerprint density at radius 3 is 2.37 bits per heavy atom. The number of imidazole rings is 1. The molecule has 0 aliphatic carbocycles. The fourth-order valence-corrected chi connectivity index (χ4v) is 4.15. The van der Waals surface area contributed by atoms with Crippen LogP contribution in [-0.4, -0.2) is 27.3 Å². The van der Waals surface area contributed by atoms with Crippen molar-refractivity contribution in [1.82, 2.24) is 9.13 Å². The number of hydrogen-bond acceptors (Lipinski definition) is 4. The number of Topliss-reactive ketones (excluding diaryl/α,β-unsaturated/α-hetero) is 1. The lowest BCUT2D eigenvalue weighted by molar-refractivity contribution is -0.137. The summed E-state index contributed by atoms with van der Waals surface area (Å²) in [5.74, 6) is -5.20. The molecule has 2 aromatic carbocycles. The van der Waals surface area contributed by atoms with E-state index in [1.54, 1.807) is 6.07 Å². The maximum atomic E-state index is 14.0. The minimum atomic E-state index is -5.03. The van der Waals surface area contributed by atoms with E-state index >= 15 is 0 Å². The van der Waals surface area contributed by atoms with Gasteiger partial charge in [-0.3, -0.25) is 15.0 Å². The molecule has 0 fully saturated rings. The number of nitriles is 1. The van der Waals surface area contributed by atoms with Gasteiger partial charge in [0.25, 0.3) is 12.3 Å². The lowest BCUT2D eigenvalue weighted by Gasteiger charge is -2.16. The van der Waals surface area contributed by atoms with Crippen LogP contribution in [0.3, 0.4) is 0 Å². The molecular weight excluding hydrogens is 583 g/mol. The zero-order chi connectivity index (χ0) is 31.0. The van der Waals surface area contributed by atoms with Crippen LogP contribution in [0.25, 0.3) is 11.0 Å². The van der Waals surface area contributed by atoms with E-state index in [0.717, 1.165) is 15.2 Å². The normalized spacial score (nSPS) is 12.0. The third-order valence-electron chi connectivity index (χ3n) is 5.71. The van der Waals surface area contributed by atoms with Crippen molar-refractivity contribution in [3.63, 3.8) is 0 Å². The fraction of sp³-hybridized carbons (Fsp3) is 0.154. The van der Waals surface area contributed by atoms with E-state index in [1.807, 2.05) is 0 Å². The minimum absolute atomic E-state index is 0.144. The van der Waals surface area contributed by atoms with Crippen LogP contribution in [0.1, 0.15) is 31.8 Å². The highest BCUT2D eigenvalue weighted by Gasteiger charge is 2.33. The van der Waals surface area contributed by atoms with Gasteiger partial charge in [-0.05, 0) is 30.3 Å². The SMILES string of the molecule is C=C(F)/C=C(\C(=C)Cl)C(=O)c1c(NC(=O)c2cc(F)cc(C(F)(F)F)c2)cc2c(c1C#N)n(C)c(=N)n2CC(F)F. The van der Waals surface area contributed by atoms with Crippen molar-refractivity contribution < 1.29 is 40.3 Å². The Morgan fingerprint density at radius 2 is 1.85 bits per heavy atom. The molecule has 0 saturated carbocycles. The lowest BCUT2D eigenvalue weighted by atomic mass is 9.94. The molecular formula is C26H17ClF7N5O2. The number of aryl methyl sites for hydroxylation is 1. The van der Waals surface area contributed by atoms with Crippen molar-refractivity contribution in [3.05, 3.63) is 93.6 Å². The van der Waals surface area contributed by atoms with Crippen LogP contribution in [0.2, 0.25) is 0 Å². The number of benzene rings is 2. The summed E-state index contributed by atoms with van der Waals surface area (Å²) in [6, 6.07) is 3.55. The van der Waals surface area contributed by atoms with Gasteiger partial charge < -0.3 is 14.5 Å². The van der Waals surface area contributed by atoms with Gasteiger partial charge in [-0.15, -0.1) is 0 Å². The Kier molecular flexibility index (Phi) is 8.63. The van der Waals surface area contributed by atoms with Crippen molar-refractivity contribution in [1.29, 1.82) is 10.7 Å². The highest BCUT2D eigenvalue weighted by Crippen LogP contribution is 2.34. The monoisotopic (exact) mass is 599 g/mol. The van der Waals surface area contributed by atoms with Gasteiger partial charge >= 0.3 is 6.18 Å². The van der Waals surface area contributed by atoms with Crippen molar-refractivity contribution in [2.45, 2.75) is 19.1 Å². The van der Waals surface area contributed by atoms with Crippen LogP contribution in [0.15, 0.2) is 59.9 Å². The Hall–Kier alpha value is -4.64. The summed E-state index contributed by atoms with van der Waals surface area (Å²) in [6.07, 6.45) is -7.46. The Bertz CT molecular complexity index is 1760. The molecule has 7 nitrogen and oxygen atoms in total. The number of rotatable bonds is 8. The van der Waals surface area contributed by atoms with Gasteiger partial charge in [-0.25, -0.2) is 17.6 Å². The van der Waals surface area contributed by atoms with Crippen molar-refractivity contribution in [2.75, 3.05) is 5.32 Å². The van der Waals surface area contributed by atoms with Crippen molar-refractivity contribution >= 4 is 40.0 Å². The summed E-state index contributed by atoms with van der Waals surface area (Å²) in [5.41, 5.74) is -5.92. The molecule has 3 rings (SSSR count). The highest BCUT2D eigenvalue weighted by molar-refractivity contribution is 6.37. The summed E-state index contributed by atoms with van der Waals surface area (Å²) in [4.78, 5) is 26.6. The number of fused-ring (bicyclic) bond motifs is 1. The molecule has 1 aromatic heterocycles. The van der Waals surface area contributed by atoms with E-state index in [0.29, 0.717) is 18.2 Å². The van der Waals surface area contributed by atoms with Gasteiger partial charge in [0.1, 0.15) is 17.7 Å². The largest absolute Gasteiger partial charge is 0.416 e. The van der Waals surface area contributed by atoms with E-state index < -0.39 is 86.6 Å². The number of nitrogens with zero attached hydrogens (tertiary/aromatic N) is 3. The van der Waals surface area contributed by atoms with Gasteiger partial charge in [-0.2, -0.15) is 18.4 Å². The average molecular weight is 600 g/mol. The van der Waals surface area contributed by atoms with Crippen LogP contribution in [0, 0.1) is 22.6 Å². The quantitative estimate of drug-likeness (QED) is 0.136. The molecule has 1 heterocycles. The van der Waals surface area contributed by atoms with E-state index in [-0.39, 0.29) is 17.1 Å². The number of amides is 1. The number of halogens is 8. The van der Waals surface area contributed by atoms with Crippen LogP contribution in [-0.2, 0) is 19.8 Å². The fourth-order valence-electron chi connectivity index (χ4n) is 4.01. The first-order chi connectivity index (χ1) is 19.0. The third kappa shape index (κ3) is 6.25. The van der Waals surface area contributed by atoms with Crippen LogP contribution in [0.4, 0.5) is 36.4 Å². The molecule has 214 valence electrons. The first-order valence-corrected chi connectivity index (χ1v) is 11.5. The summed E-state index contributed by atoms with van der Waals surface area (Å²) < 4.78 is 95.7. The zero-order valence-corrected chi connectivity index (χ0v) is 21.5. The molecule has 0 aliphatic rings. The molecule has 0 radical (unpaired) electrons. The number of anilines is 1. The first kappa shape index (κ1) is 30.9. The van der Waals surface area contributed by atoms with Crippen LogP contribution in [0.5, 0.6) is 0 Å². The number of allylic oxidation sites excluding steroid dienone is 4. The molecule has 0 atom stereocenters. The Balaban J connectivity index is 2.41. The number of nitrogens with one attached hydrogen (secondary N) is 2. The smallest absolute Gasteiger partial charge is 0.321 e. The molecule has 3 aromatic rings. The molecule has 0 saturated heterocycles. The second-order valence-electron chi connectivity index (χ2n) is 8.46. The Labute approximate surface area is 231 Å². The minimum Gasteiger partial charge on any atom is -0.321 e. The first-order valence-electron chi connectivity index (χ1n) is 11.1. The van der Waals surface area contributed by atoms with E-state index in [9.17, 15) is 45.6 Å². The van der Waals surface area contributed by atoms with E-state index in [2.05, 4.69) is 18.5 Å². The number of hydrogen-bond donors (Lipinski definition) is 2. The number of carbonyl (C=O) groups excluding carboxylic acids is 2. The van der Waals surface area contributed by atoms with Crippen LogP contribution >= 0.6 is 11.6 Å². The zero-order valence-electron chi connectivity index (χ0n) is 20.8. The second kappa shape index (κ2) is 11.5. The van der Waals surface area contributed by atoms with Gasteiger partial charge in [0.15, 0.2) is 5.78 Å². The number of alkyl halides is 5. The summed E-state index contributed by atoms with van der Waals surface area (Å²) in [6.45, 7) is 5.29. The molecule has 2 N–H and O–H groups in total. The van der Waals surface area contributed by atoms with Gasteiger partial charge in [0.05, 0.1) is 40.0 Å². The predicted octanol–water partition coefficient (Wildman–Crippen LogP) is 6.35. The predicted molar refractivity (Wildman–Crippen MR) is 134 cm³/mol. The standard InChI is InChI=1S/C26H17ClF7N5O2/c1-11(28)4-16(12(2)27)23(40)21-17(9-35)22-19(39(10-20(30)31)25(36)38(22)3)8-18(21)37-24(41)13-5-14(26(32,33)34)7-15(29)6-13/h4-8,20,36H,1-2,10H2,3H3,(H,37,41)/b16-4+,36-25?.